The number of carbonyl (C=O) groups is 3. The number of ether oxygens (including phenoxy) is 1. The van der Waals surface area contributed by atoms with Crippen LogP contribution < -0.4 is 25.2 Å². The summed E-state index contributed by atoms with van der Waals surface area (Å²) in [4.78, 5) is 46.5. The largest absolute Gasteiger partial charge is 0.413 e. The molecule has 1 aliphatic heterocycles. The van der Waals surface area contributed by atoms with Crippen molar-refractivity contribution in [1.82, 2.24) is 15.6 Å². The molecule has 2 aromatic rings. The molecule has 1 atom stereocenters. The molecule has 3 amide bonds. The number of hydrogen-bond donors (Lipinski definition) is 2. The highest BCUT2D eigenvalue weighted by Gasteiger charge is 2.38. The highest BCUT2D eigenvalue weighted by atomic mass is 16.6. The van der Waals surface area contributed by atoms with Gasteiger partial charge in [0.1, 0.15) is 12.3 Å². The molecule has 9 nitrogen and oxygen atoms in total. The smallest absolute Gasteiger partial charge is 0.410 e. The average Bonchev–Trinajstić information content (AvgIpc) is 2.88. The van der Waals surface area contributed by atoms with Gasteiger partial charge in [0.2, 0.25) is 11.8 Å². The third-order valence-electron chi connectivity index (χ3n) is 7.68. The fourth-order valence-electron chi connectivity index (χ4n) is 5.35. The van der Waals surface area contributed by atoms with Gasteiger partial charge in [-0.05, 0) is 62.8 Å². The van der Waals surface area contributed by atoms with E-state index in [1.165, 1.54) is 24.2 Å². The van der Waals surface area contributed by atoms with Gasteiger partial charge in [-0.1, -0.05) is 25.3 Å². The lowest BCUT2D eigenvalue weighted by molar-refractivity contribution is -0.123. The Balaban J connectivity index is 1.33. The number of nitrogens with one attached hydrogen (secondary N) is 2. The van der Waals surface area contributed by atoms with Crippen LogP contribution in [0.5, 0.6) is 5.75 Å². The lowest BCUT2D eigenvalue weighted by Crippen LogP contribution is -2.55. The summed E-state index contributed by atoms with van der Waals surface area (Å²) >= 11 is 0. The first-order valence-electron chi connectivity index (χ1n) is 13.4. The molecule has 196 valence electrons. The molecule has 0 spiro atoms. The van der Waals surface area contributed by atoms with Crippen LogP contribution in [0, 0.1) is 0 Å². The quantitative estimate of drug-likeness (QED) is 0.588. The van der Waals surface area contributed by atoms with Crippen LogP contribution in [0.1, 0.15) is 69.9 Å². The number of benzene rings is 1. The molecule has 0 saturated heterocycles. The number of carbonyl (C=O) groups excluding carboxylic acids is 3. The van der Waals surface area contributed by atoms with E-state index in [1.807, 2.05) is 24.0 Å². The summed E-state index contributed by atoms with van der Waals surface area (Å²) < 4.78 is 5.59. The first-order valence-corrected chi connectivity index (χ1v) is 13.4. The van der Waals surface area contributed by atoms with Crippen LogP contribution in [0.4, 0.5) is 16.2 Å². The number of pyridine rings is 1. The van der Waals surface area contributed by atoms with Gasteiger partial charge in [0.05, 0.1) is 24.0 Å². The van der Waals surface area contributed by atoms with E-state index in [2.05, 4.69) is 15.6 Å². The minimum Gasteiger partial charge on any atom is -0.410 e. The standard InChI is InChI=1S/C28H35N5O4/c1-19(20-7-6-14-29-16-20)31-28(36)37-23-12-13-24-25(15-23)32(18-27(35)33(24)22-10-5-11-22)26(34)17-30-21-8-3-2-4-9-21/h6-7,12-16,19,21-22,30H,2-5,8-11,17-18H2,1H3,(H,31,36). The van der Waals surface area contributed by atoms with Crippen molar-refractivity contribution < 1.29 is 19.1 Å². The van der Waals surface area contributed by atoms with Gasteiger partial charge in [-0.3, -0.25) is 19.5 Å². The average molecular weight is 506 g/mol. The molecule has 0 radical (unpaired) electrons. The zero-order valence-electron chi connectivity index (χ0n) is 21.3. The molecular weight excluding hydrogens is 470 g/mol. The zero-order chi connectivity index (χ0) is 25.8. The van der Waals surface area contributed by atoms with Gasteiger partial charge in [0.25, 0.3) is 0 Å². The van der Waals surface area contributed by atoms with Crippen LogP contribution in [0.3, 0.4) is 0 Å². The Kier molecular flexibility index (Phi) is 7.69. The van der Waals surface area contributed by atoms with E-state index in [0.29, 0.717) is 23.2 Å². The van der Waals surface area contributed by atoms with Gasteiger partial charge < -0.3 is 20.3 Å². The maximum Gasteiger partial charge on any atom is 0.413 e. The van der Waals surface area contributed by atoms with E-state index in [-0.39, 0.29) is 37.0 Å². The Morgan fingerprint density at radius 1 is 1.08 bits per heavy atom. The van der Waals surface area contributed by atoms with Gasteiger partial charge in [-0.2, -0.15) is 0 Å². The van der Waals surface area contributed by atoms with Crippen molar-refractivity contribution in [2.24, 2.45) is 0 Å². The molecule has 2 aliphatic carbocycles. The highest BCUT2D eigenvalue weighted by Crippen LogP contribution is 2.41. The fraction of sp³-hybridized carbons (Fsp3) is 0.500. The molecule has 2 N–H and O–H groups in total. The van der Waals surface area contributed by atoms with Crippen LogP contribution in [0.2, 0.25) is 0 Å². The minimum atomic E-state index is -0.601. The predicted molar refractivity (Wildman–Crippen MR) is 141 cm³/mol. The Bertz CT molecular complexity index is 1130. The number of rotatable bonds is 7. The predicted octanol–water partition coefficient (Wildman–Crippen LogP) is 4.09. The Morgan fingerprint density at radius 2 is 1.89 bits per heavy atom. The summed E-state index contributed by atoms with van der Waals surface area (Å²) in [5.41, 5.74) is 2.16. The lowest BCUT2D eigenvalue weighted by Gasteiger charge is -2.43. The summed E-state index contributed by atoms with van der Waals surface area (Å²) in [7, 11) is 0. The zero-order valence-corrected chi connectivity index (χ0v) is 21.3. The lowest BCUT2D eigenvalue weighted by atomic mass is 9.90. The van der Waals surface area contributed by atoms with E-state index >= 15 is 0 Å². The van der Waals surface area contributed by atoms with Gasteiger partial charge in [0.15, 0.2) is 0 Å². The second kappa shape index (κ2) is 11.3. The number of anilines is 2. The Hall–Kier alpha value is -3.46. The van der Waals surface area contributed by atoms with Gasteiger partial charge >= 0.3 is 6.09 Å². The first-order chi connectivity index (χ1) is 18.0. The normalized spacial score (nSPS) is 19.1. The van der Waals surface area contributed by atoms with E-state index in [9.17, 15) is 14.4 Å². The summed E-state index contributed by atoms with van der Waals surface area (Å²) in [5.74, 6) is 0.0933. The second-order valence-electron chi connectivity index (χ2n) is 10.2. The third kappa shape index (κ3) is 5.77. The molecule has 37 heavy (non-hydrogen) atoms. The molecule has 5 rings (SSSR count). The van der Waals surface area contributed by atoms with Crippen LogP contribution in [0.15, 0.2) is 42.7 Å². The second-order valence-corrected chi connectivity index (χ2v) is 10.2. The number of fused-ring (bicyclic) bond motifs is 1. The molecule has 2 saturated carbocycles. The molecular formula is C28H35N5O4. The minimum absolute atomic E-state index is 0.0115. The monoisotopic (exact) mass is 505 g/mol. The topological polar surface area (TPSA) is 104 Å². The van der Waals surface area contributed by atoms with E-state index in [0.717, 1.165) is 37.7 Å². The van der Waals surface area contributed by atoms with Crippen molar-refractivity contribution in [3.05, 3.63) is 48.3 Å². The molecule has 1 aromatic carbocycles. The van der Waals surface area contributed by atoms with E-state index in [1.54, 1.807) is 30.6 Å². The van der Waals surface area contributed by atoms with Gasteiger partial charge in [0, 0.05) is 30.5 Å². The van der Waals surface area contributed by atoms with E-state index < -0.39 is 6.09 Å². The van der Waals surface area contributed by atoms with Crippen molar-refractivity contribution in [3.63, 3.8) is 0 Å². The fourth-order valence-corrected chi connectivity index (χ4v) is 5.35. The van der Waals surface area contributed by atoms with Crippen LogP contribution >= 0.6 is 0 Å². The maximum atomic E-state index is 13.3. The maximum absolute atomic E-state index is 13.3. The van der Waals surface area contributed by atoms with Crippen LogP contribution in [-0.2, 0) is 9.59 Å². The number of nitrogens with zero attached hydrogens (tertiary/aromatic N) is 3. The molecule has 9 heteroatoms. The number of aromatic nitrogens is 1. The van der Waals surface area contributed by atoms with Crippen molar-refractivity contribution in [2.45, 2.75) is 76.4 Å². The molecule has 1 aromatic heterocycles. The van der Waals surface area contributed by atoms with Crippen molar-refractivity contribution in [3.8, 4) is 5.75 Å². The summed E-state index contributed by atoms with van der Waals surface area (Å²) in [5, 5.41) is 6.20. The molecule has 2 heterocycles. The highest BCUT2D eigenvalue weighted by molar-refractivity contribution is 6.12. The molecule has 1 unspecified atom stereocenters. The molecule has 2 fully saturated rings. The summed E-state index contributed by atoms with van der Waals surface area (Å²) in [6, 6.07) is 9.06. The number of amides is 3. The third-order valence-corrected chi connectivity index (χ3v) is 7.68. The first kappa shape index (κ1) is 25.2. The van der Waals surface area contributed by atoms with Gasteiger partial charge in [-0.25, -0.2) is 4.79 Å². The summed E-state index contributed by atoms with van der Waals surface area (Å²) in [6.45, 7) is 2.02. The van der Waals surface area contributed by atoms with Crippen LogP contribution in [-0.4, -0.2) is 48.1 Å². The Morgan fingerprint density at radius 3 is 2.59 bits per heavy atom. The van der Waals surface area contributed by atoms with Crippen molar-refractivity contribution >= 4 is 29.3 Å². The van der Waals surface area contributed by atoms with Crippen molar-refractivity contribution in [1.29, 1.82) is 0 Å². The summed E-state index contributed by atoms with van der Waals surface area (Å²) in [6.07, 6.45) is 11.5. The van der Waals surface area contributed by atoms with E-state index in [4.69, 9.17) is 4.74 Å². The Labute approximate surface area is 217 Å². The molecule has 0 bridgehead atoms. The molecule has 3 aliphatic rings. The SMILES string of the molecule is CC(NC(=O)Oc1ccc2c(c1)N(C(=O)CNC1CCCCC1)CC(=O)N2C1CCC1)c1cccnc1. The van der Waals surface area contributed by atoms with Crippen molar-refractivity contribution in [2.75, 3.05) is 22.9 Å². The van der Waals surface area contributed by atoms with Crippen LogP contribution in [0.25, 0.3) is 0 Å². The number of hydrogen-bond acceptors (Lipinski definition) is 6. The van der Waals surface area contributed by atoms with Gasteiger partial charge in [-0.15, -0.1) is 0 Å².